The molecule has 2 atom stereocenters. The third kappa shape index (κ3) is 4.20. The van der Waals surface area contributed by atoms with Crippen LogP contribution in [0.3, 0.4) is 0 Å². The van der Waals surface area contributed by atoms with E-state index in [9.17, 15) is 9.59 Å². The van der Waals surface area contributed by atoms with E-state index in [1.54, 1.807) is 0 Å². The highest BCUT2D eigenvalue weighted by Crippen LogP contribution is 2.29. The summed E-state index contributed by atoms with van der Waals surface area (Å²) in [6, 6.07) is 10.5. The number of likely N-dealkylation sites (tertiary alicyclic amines) is 1. The van der Waals surface area contributed by atoms with Crippen molar-refractivity contribution in [2.45, 2.75) is 57.3 Å². The van der Waals surface area contributed by atoms with Gasteiger partial charge in [0.25, 0.3) is 0 Å². The summed E-state index contributed by atoms with van der Waals surface area (Å²) in [4.78, 5) is 31.4. The zero-order chi connectivity index (χ0) is 18.6. The van der Waals surface area contributed by atoms with Crippen LogP contribution < -0.4 is 0 Å². The Morgan fingerprint density at radius 1 is 1.11 bits per heavy atom. The van der Waals surface area contributed by atoms with Gasteiger partial charge in [0.1, 0.15) is 5.78 Å². The van der Waals surface area contributed by atoms with Crippen molar-refractivity contribution in [2.24, 2.45) is 5.92 Å². The van der Waals surface area contributed by atoms with E-state index in [1.807, 2.05) is 17.2 Å². The molecule has 2 heterocycles. The van der Waals surface area contributed by atoms with E-state index >= 15 is 0 Å². The number of piperidine rings is 1. The van der Waals surface area contributed by atoms with Crippen LogP contribution in [0.1, 0.15) is 63.0 Å². The summed E-state index contributed by atoms with van der Waals surface area (Å²) in [5, 5.41) is 2.36. The normalized spacial score (nSPS) is 23.6. The van der Waals surface area contributed by atoms with Crippen molar-refractivity contribution in [3.63, 3.8) is 0 Å². The average Bonchev–Trinajstić information content (AvgIpc) is 2.72. The first-order chi connectivity index (χ1) is 13.2. The average molecular weight is 364 g/mol. The molecule has 1 aliphatic carbocycles. The van der Waals surface area contributed by atoms with Gasteiger partial charge in [-0.05, 0) is 43.6 Å². The van der Waals surface area contributed by atoms with Crippen molar-refractivity contribution < 1.29 is 9.59 Å². The Bertz CT molecular complexity index is 832. The lowest BCUT2D eigenvalue weighted by atomic mass is 9.84. The molecule has 0 radical (unpaired) electrons. The highest BCUT2D eigenvalue weighted by atomic mass is 16.2. The molecule has 2 fully saturated rings. The molecule has 1 aliphatic heterocycles. The van der Waals surface area contributed by atoms with Gasteiger partial charge in [-0.1, -0.05) is 30.7 Å². The molecule has 4 rings (SSSR count). The largest absolute Gasteiger partial charge is 0.342 e. The topological polar surface area (TPSA) is 50.3 Å². The van der Waals surface area contributed by atoms with Gasteiger partial charge in [0, 0.05) is 55.0 Å². The maximum Gasteiger partial charge on any atom is 0.222 e. The summed E-state index contributed by atoms with van der Waals surface area (Å²) in [6.07, 6.45) is 9.11. The van der Waals surface area contributed by atoms with Crippen LogP contribution in [0.4, 0.5) is 0 Å². The molecule has 0 spiro atoms. The Morgan fingerprint density at radius 2 is 1.96 bits per heavy atom. The molecule has 1 saturated heterocycles. The van der Waals surface area contributed by atoms with Crippen LogP contribution in [-0.4, -0.2) is 34.7 Å². The van der Waals surface area contributed by atoms with Gasteiger partial charge in [-0.3, -0.25) is 14.6 Å². The number of hydrogen-bond acceptors (Lipinski definition) is 3. The number of benzene rings is 1. The summed E-state index contributed by atoms with van der Waals surface area (Å²) < 4.78 is 0. The summed E-state index contributed by atoms with van der Waals surface area (Å²) in [5.74, 6) is 0.999. The standard InChI is InChI=1S/C23H28N2O2/c26-22-10-4-3-6-17(22)11-12-23(27)25-13-5-9-20(16-25)21-14-18-7-1-2-8-19(18)15-24-21/h1-2,7-8,14-15,17,20H,3-6,9-13,16H2/t17-,20-/m0/s1. The smallest absolute Gasteiger partial charge is 0.222 e. The molecular formula is C23H28N2O2. The van der Waals surface area contributed by atoms with Crippen molar-refractivity contribution >= 4 is 22.5 Å². The minimum absolute atomic E-state index is 0.116. The van der Waals surface area contributed by atoms with Crippen LogP contribution in [0.25, 0.3) is 10.8 Å². The summed E-state index contributed by atoms with van der Waals surface area (Å²) in [6.45, 7) is 1.59. The maximum atomic E-state index is 12.7. The number of pyridine rings is 1. The molecule has 0 N–H and O–H groups in total. The van der Waals surface area contributed by atoms with Crippen molar-refractivity contribution in [3.8, 4) is 0 Å². The molecule has 2 aromatic rings. The van der Waals surface area contributed by atoms with Crippen LogP contribution in [0, 0.1) is 5.92 Å². The third-order valence-electron chi connectivity index (χ3n) is 6.23. The third-order valence-corrected chi connectivity index (χ3v) is 6.23. The van der Waals surface area contributed by atoms with Crippen LogP contribution in [-0.2, 0) is 9.59 Å². The number of aromatic nitrogens is 1. The molecule has 142 valence electrons. The van der Waals surface area contributed by atoms with Crippen molar-refractivity contribution in [1.82, 2.24) is 9.88 Å². The van der Waals surface area contributed by atoms with Gasteiger partial charge in [0.05, 0.1) is 0 Å². The maximum absolute atomic E-state index is 12.7. The van der Waals surface area contributed by atoms with Crippen LogP contribution >= 0.6 is 0 Å². The van der Waals surface area contributed by atoms with Gasteiger partial charge >= 0.3 is 0 Å². The van der Waals surface area contributed by atoms with Gasteiger partial charge < -0.3 is 4.90 Å². The summed E-state index contributed by atoms with van der Waals surface area (Å²) >= 11 is 0. The highest BCUT2D eigenvalue weighted by molar-refractivity contribution is 5.83. The molecule has 1 amide bonds. The number of carbonyl (C=O) groups is 2. The lowest BCUT2D eigenvalue weighted by Gasteiger charge is -2.33. The molecule has 1 aromatic heterocycles. The second kappa shape index (κ2) is 8.20. The Labute approximate surface area is 161 Å². The molecule has 4 nitrogen and oxygen atoms in total. The number of amides is 1. The van der Waals surface area contributed by atoms with Gasteiger partial charge in [-0.15, -0.1) is 0 Å². The van der Waals surface area contributed by atoms with Crippen molar-refractivity contribution in [2.75, 3.05) is 13.1 Å². The zero-order valence-electron chi connectivity index (χ0n) is 15.9. The molecule has 27 heavy (non-hydrogen) atoms. The van der Waals surface area contributed by atoms with E-state index in [0.29, 0.717) is 24.5 Å². The lowest BCUT2D eigenvalue weighted by molar-refractivity contribution is -0.133. The minimum atomic E-state index is 0.116. The Hall–Kier alpha value is -2.23. The number of carbonyl (C=O) groups excluding carboxylic acids is 2. The van der Waals surface area contributed by atoms with E-state index in [4.69, 9.17) is 0 Å². The monoisotopic (exact) mass is 364 g/mol. The molecule has 0 bridgehead atoms. The second-order valence-corrected chi connectivity index (χ2v) is 8.08. The fourth-order valence-corrected chi connectivity index (χ4v) is 4.59. The number of Topliss-reactive ketones (excluding diaryl/α,β-unsaturated/α-hetero) is 1. The summed E-state index contributed by atoms with van der Waals surface area (Å²) in [7, 11) is 0. The van der Waals surface area contributed by atoms with Crippen LogP contribution in [0.5, 0.6) is 0 Å². The lowest BCUT2D eigenvalue weighted by Crippen LogP contribution is -2.39. The van der Waals surface area contributed by atoms with E-state index in [1.165, 1.54) is 5.39 Å². The molecule has 1 aromatic carbocycles. The molecule has 4 heteroatoms. The predicted molar refractivity (Wildman–Crippen MR) is 106 cm³/mol. The van der Waals surface area contributed by atoms with Gasteiger partial charge in [-0.25, -0.2) is 0 Å². The predicted octanol–water partition coefficient (Wildman–Crippen LogP) is 4.48. The van der Waals surface area contributed by atoms with Gasteiger partial charge in [-0.2, -0.15) is 0 Å². The Kier molecular flexibility index (Phi) is 5.51. The van der Waals surface area contributed by atoms with Crippen LogP contribution in [0.2, 0.25) is 0 Å². The fraction of sp³-hybridized carbons (Fsp3) is 0.522. The van der Waals surface area contributed by atoms with Gasteiger partial charge in [0.2, 0.25) is 5.91 Å². The van der Waals surface area contributed by atoms with Crippen LogP contribution in [0.15, 0.2) is 36.5 Å². The number of rotatable bonds is 4. The quantitative estimate of drug-likeness (QED) is 0.804. The zero-order valence-corrected chi connectivity index (χ0v) is 15.9. The van der Waals surface area contributed by atoms with E-state index in [-0.39, 0.29) is 11.8 Å². The molecule has 1 saturated carbocycles. The van der Waals surface area contributed by atoms with Crippen molar-refractivity contribution in [1.29, 1.82) is 0 Å². The van der Waals surface area contributed by atoms with E-state index in [0.717, 1.165) is 62.7 Å². The van der Waals surface area contributed by atoms with E-state index < -0.39 is 0 Å². The summed E-state index contributed by atoms with van der Waals surface area (Å²) in [5.41, 5.74) is 1.09. The Morgan fingerprint density at radius 3 is 2.81 bits per heavy atom. The first-order valence-electron chi connectivity index (χ1n) is 10.4. The van der Waals surface area contributed by atoms with Crippen molar-refractivity contribution in [3.05, 3.63) is 42.2 Å². The number of fused-ring (bicyclic) bond motifs is 1. The van der Waals surface area contributed by atoms with Gasteiger partial charge in [0.15, 0.2) is 0 Å². The first kappa shape index (κ1) is 18.1. The number of nitrogens with zero attached hydrogens (tertiary/aromatic N) is 2. The molecule has 0 unspecified atom stereocenters. The first-order valence-corrected chi connectivity index (χ1v) is 10.4. The van der Waals surface area contributed by atoms with E-state index in [2.05, 4.69) is 29.2 Å². The number of ketones is 1. The molecule has 2 aliphatic rings. The highest BCUT2D eigenvalue weighted by Gasteiger charge is 2.27. The fourth-order valence-electron chi connectivity index (χ4n) is 4.59. The Balaban J connectivity index is 1.38. The number of hydrogen-bond donors (Lipinski definition) is 0. The molecular weight excluding hydrogens is 336 g/mol. The second-order valence-electron chi connectivity index (χ2n) is 8.08. The minimum Gasteiger partial charge on any atom is -0.342 e. The SMILES string of the molecule is O=C1CCCC[C@H]1CCC(=O)N1CCC[C@H](c2cc3ccccc3cn2)C1.